The third-order valence-electron chi connectivity index (χ3n) is 14.6. The van der Waals surface area contributed by atoms with Gasteiger partial charge in [-0.15, -0.1) is 0 Å². The Kier molecular flexibility index (Phi) is 26.9. The second-order valence-electron chi connectivity index (χ2n) is 23.8. The summed E-state index contributed by atoms with van der Waals surface area (Å²) in [6.45, 7) is 25.8. The largest absolute Gasteiger partial charge is 0.509 e. The molecular weight excluding hydrogens is 1110 g/mol. The van der Waals surface area contributed by atoms with Crippen molar-refractivity contribution in [2.24, 2.45) is 11.8 Å². The van der Waals surface area contributed by atoms with Gasteiger partial charge in [0.05, 0.1) is 68.2 Å². The molecule has 6 aromatic carbocycles. The smallest absolute Gasteiger partial charge is 0.447 e. The number of rotatable bonds is 25. The minimum Gasteiger partial charge on any atom is -0.447 e. The molecule has 8 atom stereocenters. The van der Waals surface area contributed by atoms with Gasteiger partial charge in [0.1, 0.15) is 25.4 Å². The lowest BCUT2D eigenvalue weighted by atomic mass is 9.88. The summed E-state index contributed by atoms with van der Waals surface area (Å²) in [5, 5.41) is 11.3. The van der Waals surface area contributed by atoms with Crippen molar-refractivity contribution in [2.45, 2.75) is 143 Å². The molecular formula is C73H88N2O13. The van der Waals surface area contributed by atoms with Gasteiger partial charge in [0.2, 0.25) is 11.8 Å². The number of aliphatic hydroxyl groups excluding tert-OH is 1. The number of amides is 4. The van der Waals surface area contributed by atoms with Crippen molar-refractivity contribution in [3.05, 3.63) is 239 Å². The molecule has 0 aliphatic carbocycles. The molecule has 2 saturated heterocycles. The Labute approximate surface area is 520 Å². The van der Waals surface area contributed by atoms with Crippen LogP contribution in [0.25, 0.3) is 0 Å². The summed E-state index contributed by atoms with van der Waals surface area (Å²) < 4.78 is 38.9. The maximum Gasteiger partial charge on any atom is 0.509 e. The summed E-state index contributed by atoms with van der Waals surface area (Å²) in [6, 6.07) is 54.2. The summed E-state index contributed by atoms with van der Waals surface area (Å²) in [5.41, 5.74) is 9.30. The first-order valence-electron chi connectivity index (χ1n) is 30.0. The molecule has 15 heteroatoms. The maximum absolute atomic E-state index is 14.4. The highest BCUT2D eigenvalue weighted by Gasteiger charge is 2.46. The summed E-state index contributed by atoms with van der Waals surface area (Å²) in [6.07, 6.45) is -3.06. The number of imide groups is 2. The maximum atomic E-state index is 14.4. The van der Waals surface area contributed by atoms with Gasteiger partial charge in [-0.2, -0.15) is 0 Å². The molecule has 4 amide bonds. The topological polar surface area (TPSA) is 177 Å². The fourth-order valence-corrected chi connectivity index (χ4v) is 9.95. The van der Waals surface area contributed by atoms with Crippen LogP contribution in [0.2, 0.25) is 0 Å². The van der Waals surface area contributed by atoms with Gasteiger partial charge < -0.3 is 38.3 Å². The van der Waals surface area contributed by atoms with E-state index in [2.05, 4.69) is 13.2 Å². The van der Waals surface area contributed by atoms with E-state index in [-0.39, 0.29) is 38.8 Å². The number of aryl methyl sites for hydroxylation is 2. The third kappa shape index (κ3) is 22.5. The summed E-state index contributed by atoms with van der Waals surface area (Å²) >= 11 is 0. The predicted molar refractivity (Wildman–Crippen MR) is 340 cm³/mol. The lowest BCUT2D eigenvalue weighted by molar-refractivity contribution is -0.147. The average molecular weight is 1200 g/mol. The highest BCUT2D eigenvalue weighted by Crippen LogP contribution is 2.30. The number of nitrogens with zero attached hydrogens (tertiary/aromatic N) is 2. The van der Waals surface area contributed by atoms with E-state index in [0.717, 1.165) is 55.7 Å². The van der Waals surface area contributed by atoms with E-state index < -0.39 is 78.2 Å². The molecule has 1 N–H and O–H groups in total. The molecule has 6 aromatic rings. The third-order valence-corrected chi connectivity index (χ3v) is 14.6. The molecule has 2 heterocycles. The molecule has 88 heavy (non-hydrogen) atoms. The second kappa shape index (κ2) is 34.4. The van der Waals surface area contributed by atoms with Gasteiger partial charge in [-0.25, -0.2) is 24.2 Å². The lowest BCUT2D eigenvalue weighted by Crippen LogP contribution is -2.50. The Balaban J connectivity index is 0.000000238. The van der Waals surface area contributed by atoms with Crippen molar-refractivity contribution in [1.82, 2.24) is 9.80 Å². The Bertz CT molecular complexity index is 3150. The zero-order chi connectivity index (χ0) is 63.8. The van der Waals surface area contributed by atoms with Crippen LogP contribution in [0.3, 0.4) is 0 Å². The van der Waals surface area contributed by atoms with Crippen molar-refractivity contribution in [1.29, 1.82) is 0 Å². The van der Waals surface area contributed by atoms with Crippen molar-refractivity contribution in [2.75, 3.05) is 26.4 Å². The minimum atomic E-state index is -1.12. The molecule has 0 aromatic heterocycles. The van der Waals surface area contributed by atoms with Gasteiger partial charge in [-0.1, -0.05) is 200 Å². The van der Waals surface area contributed by atoms with E-state index in [9.17, 15) is 29.1 Å². The Morgan fingerprint density at radius 3 is 1.31 bits per heavy atom. The van der Waals surface area contributed by atoms with Gasteiger partial charge in [-0.3, -0.25) is 9.59 Å². The predicted octanol–water partition coefficient (Wildman–Crippen LogP) is 13.5. The number of ether oxygens (including phenoxy) is 7. The standard InChI is InChI=1S/C34H39NO5.C30H33NO5.C9H16O3/c1-24(2)21-39-32(26(4)38-22-29-13-9-6-10-14-29)31(20-28-17-15-25(3)16-18-28)33(36)35-30(23-40-34(35)37)19-27-11-7-5-8-12-27;1-21-13-15-24(16-14-21)18-27(28(32)22(2)35-19-25-11-7-4-8-12-25)29(33)31-26(20-36-30(31)34)17-23-9-5-3-6-10-23;1-7(2)6-11-8(10)12-9(3,4)5/h5-18,26,30-32H,1,19-23H2,2-4H3;3-16,22,26-28,32H,17-20H2,1-2H3;1,6H2,2-5H3/t26-,30+,31+,32-;22-,26+,27+,28-;/m00./s1. The highest BCUT2D eigenvalue weighted by atomic mass is 16.7. The van der Waals surface area contributed by atoms with Gasteiger partial charge >= 0.3 is 18.3 Å². The van der Waals surface area contributed by atoms with Crippen molar-refractivity contribution >= 4 is 30.2 Å². The van der Waals surface area contributed by atoms with Crippen LogP contribution < -0.4 is 0 Å². The van der Waals surface area contributed by atoms with Crippen LogP contribution in [-0.4, -0.2) is 114 Å². The van der Waals surface area contributed by atoms with Gasteiger partial charge in [0, 0.05) is 0 Å². The highest BCUT2D eigenvalue weighted by molar-refractivity contribution is 5.96. The summed E-state index contributed by atoms with van der Waals surface area (Å²) in [7, 11) is 0. The summed E-state index contributed by atoms with van der Waals surface area (Å²) in [4.78, 5) is 67.3. The molecule has 468 valence electrons. The van der Waals surface area contributed by atoms with Gasteiger partial charge in [0.15, 0.2) is 0 Å². The normalized spacial score (nSPS) is 16.6. The van der Waals surface area contributed by atoms with E-state index in [1.54, 1.807) is 34.6 Å². The van der Waals surface area contributed by atoms with Crippen LogP contribution in [0.5, 0.6) is 0 Å². The average Bonchev–Trinajstić information content (AvgIpc) is 4.20. The monoisotopic (exact) mass is 1200 g/mol. The Morgan fingerprint density at radius 2 is 0.909 bits per heavy atom. The SMILES string of the molecule is C=C(C)COC(=O)OC(C)(C)C.C=C(C)CO[C@@H]([C@H](C)OCc1ccccc1)[C@@H](Cc1ccc(C)cc1)C(=O)N1C(=O)OC[C@H]1Cc1ccccc1.Cc1ccc(C[C@@H](C(=O)N2C(=O)OC[C@H]2Cc2ccccc2)[C@@H](O)[C@H](C)OCc2ccccc2)cc1. The number of hydrogen-bond donors (Lipinski definition) is 1. The zero-order valence-electron chi connectivity index (χ0n) is 52.5. The first-order chi connectivity index (χ1) is 42.0. The first-order valence-corrected chi connectivity index (χ1v) is 30.0. The van der Waals surface area contributed by atoms with E-state index in [4.69, 9.17) is 33.2 Å². The van der Waals surface area contributed by atoms with Crippen LogP contribution in [0, 0.1) is 25.7 Å². The molecule has 0 radical (unpaired) electrons. The second-order valence-corrected chi connectivity index (χ2v) is 23.8. The van der Waals surface area contributed by atoms with Crippen molar-refractivity contribution in [3.8, 4) is 0 Å². The zero-order valence-corrected chi connectivity index (χ0v) is 52.5. The number of carbonyl (C=O) groups is 5. The van der Waals surface area contributed by atoms with E-state index in [1.807, 2.05) is 198 Å². The number of benzene rings is 6. The first kappa shape index (κ1) is 68.9. The van der Waals surface area contributed by atoms with Gasteiger partial charge in [0.25, 0.3) is 0 Å². The van der Waals surface area contributed by atoms with E-state index >= 15 is 0 Å². The Morgan fingerprint density at radius 1 is 0.534 bits per heavy atom. The number of aliphatic hydroxyl groups is 1. The quantitative estimate of drug-likeness (QED) is 0.0326. The van der Waals surface area contributed by atoms with Crippen LogP contribution >= 0.6 is 0 Å². The molecule has 2 aliphatic heterocycles. The number of cyclic esters (lactones) is 2. The van der Waals surface area contributed by atoms with E-state index in [1.165, 1.54) is 9.80 Å². The molecule has 0 spiro atoms. The van der Waals surface area contributed by atoms with Crippen LogP contribution in [0.1, 0.15) is 93.0 Å². The molecule has 15 nitrogen and oxygen atoms in total. The number of carbonyl (C=O) groups excluding carboxylic acids is 5. The molecule has 2 aliphatic rings. The number of hydrogen-bond acceptors (Lipinski definition) is 13. The van der Waals surface area contributed by atoms with Crippen LogP contribution in [0.15, 0.2) is 194 Å². The lowest BCUT2D eigenvalue weighted by Gasteiger charge is -2.34. The molecule has 0 saturated carbocycles. The Hall–Kier alpha value is -8.21. The molecule has 2 fully saturated rings. The van der Waals surface area contributed by atoms with Crippen molar-refractivity contribution < 1.29 is 62.2 Å². The van der Waals surface area contributed by atoms with Crippen molar-refractivity contribution in [3.63, 3.8) is 0 Å². The summed E-state index contributed by atoms with van der Waals surface area (Å²) in [5.74, 6) is -2.31. The fourth-order valence-electron chi connectivity index (χ4n) is 9.95. The van der Waals surface area contributed by atoms with Crippen LogP contribution in [-0.2, 0) is 81.6 Å². The van der Waals surface area contributed by atoms with Gasteiger partial charge in [-0.05, 0) is 127 Å². The van der Waals surface area contributed by atoms with Crippen LogP contribution in [0.4, 0.5) is 14.4 Å². The fraction of sp³-hybridized carbons (Fsp3) is 0.384. The minimum absolute atomic E-state index is 0.132. The molecule has 0 unspecified atom stereocenters. The van der Waals surface area contributed by atoms with E-state index in [0.29, 0.717) is 32.5 Å². The molecule has 8 rings (SSSR count). The molecule has 0 bridgehead atoms.